The first-order valence-corrected chi connectivity index (χ1v) is 9.27. The number of aryl methyl sites for hydroxylation is 2. The average Bonchev–Trinajstić information content (AvgIpc) is 2.61. The van der Waals surface area contributed by atoms with Crippen LogP contribution in [0.15, 0.2) is 36.4 Å². The Morgan fingerprint density at radius 3 is 2.33 bits per heavy atom. The molecule has 27 heavy (non-hydrogen) atoms. The summed E-state index contributed by atoms with van der Waals surface area (Å²) in [5.41, 5.74) is 3.38. The Balaban J connectivity index is 2.06. The lowest BCUT2D eigenvalue weighted by molar-refractivity contribution is 0.0952. The minimum Gasteiger partial charge on any atom is -0.352 e. The molecule has 0 spiro atoms. The predicted octanol–water partition coefficient (Wildman–Crippen LogP) is 3.89. The normalized spacial score (nSPS) is 10.7. The zero-order chi connectivity index (χ0) is 20.0. The van der Waals surface area contributed by atoms with Gasteiger partial charge in [0.1, 0.15) is 0 Å². The van der Waals surface area contributed by atoms with E-state index >= 15 is 0 Å². The van der Waals surface area contributed by atoms with Gasteiger partial charge in [0.2, 0.25) is 0 Å². The van der Waals surface area contributed by atoms with Crippen molar-refractivity contribution < 1.29 is 9.59 Å². The summed E-state index contributed by atoms with van der Waals surface area (Å²) in [6.07, 6.45) is 0.865. The highest BCUT2D eigenvalue weighted by Gasteiger charge is 2.13. The number of nitrogens with zero attached hydrogens (tertiary/aromatic N) is 1. The van der Waals surface area contributed by atoms with Crippen LogP contribution in [0.4, 0.5) is 5.69 Å². The first kappa shape index (κ1) is 20.9. The number of rotatable bonds is 7. The van der Waals surface area contributed by atoms with E-state index in [0.717, 1.165) is 24.1 Å². The molecule has 5 nitrogen and oxygen atoms in total. The van der Waals surface area contributed by atoms with Crippen molar-refractivity contribution in [2.75, 3.05) is 32.5 Å². The van der Waals surface area contributed by atoms with Crippen LogP contribution in [-0.4, -0.2) is 43.9 Å². The first-order chi connectivity index (χ1) is 12.8. The van der Waals surface area contributed by atoms with Gasteiger partial charge >= 0.3 is 0 Å². The Morgan fingerprint density at radius 2 is 1.70 bits per heavy atom. The molecule has 6 heteroatoms. The van der Waals surface area contributed by atoms with Crippen molar-refractivity contribution in [3.63, 3.8) is 0 Å². The molecule has 2 rings (SSSR count). The summed E-state index contributed by atoms with van der Waals surface area (Å²) in [6, 6.07) is 10.4. The van der Waals surface area contributed by atoms with Gasteiger partial charge in [-0.05, 0) is 76.3 Å². The standard InChI is InChI=1S/C21H26ClN3O2/c1-14-11-15(2)19(18(22)12-14)24-21(27)17-8-5-7-16(13-17)20(26)23-9-6-10-25(3)4/h5,7-8,11-13H,6,9-10H2,1-4H3,(H,23,26)(H,24,27). The number of carbonyl (C=O) groups is 2. The third-order valence-corrected chi connectivity index (χ3v) is 4.42. The van der Waals surface area contributed by atoms with Gasteiger partial charge in [-0.1, -0.05) is 23.7 Å². The monoisotopic (exact) mass is 387 g/mol. The zero-order valence-electron chi connectivity index (χ0n) is 16.2. The molecule has 0 aromatic heterocycles. The highest BCUT2D eigenvalue weighted by atomic mass is 35.5. The van der Waals surface area contributed by atoms with Crippen molar-refractivity contribution >= 4 is 29.1 Å². The molecular formula is C21H26ClN3O2. The van der Waals surface area contributed by atoms with Crippen LogP contribution in [0, 0.1) is 13.8 Å². The van der Waals surface area contributed by atoms with Crippen LogP contribution in [0.5, 0.6) is 0 Å². The maximum Gasteiger partial charge on any atom is 0.255 e. The zero-order valence-corrected chi connectivity index (χ0v) is 17.0. The van der Waals surface area contributed by atoms with Crippen LogP contribution in [0.2, 0.25) is 5.02 Å². The molecule has 2 amide bonds. The topological polar surface area (TPSA) is 61.4 Å². The number of benzene rings is 2. The second-order valence-corrected chi connectivity index (χ2v) is 7.29. The summed E-state index contributed by atoms with van der Waals surface area (Å²) < 4.78 is 0. The fourth-order valence-electron chi connectivity index (χ4n) is 2.76. The van der Waals surface area contributed by atoms with E-state index in [2.05, 4.69) is 15.5 Å². The molecule has 2 N–H and O–H groups in total. The highest BCUT2D eigenvalue weighted by Crippen LogP contribution is 2.27. The van der Waals surface area contributed by atoms with E-state index in [1.165, 1.54) is 0 Å². The predicted molar refractivity (Wildman–Crippen MR) is 111 cm³/mol. The number of hydrogen-bond acceptors (Lipinski definition) is 3. The summed E-state index contributed by atoms with van der Waals surface area (Å²) in [7, 11) is 3.98. The third-order valence-electron chi connectivity index (χ3n) is 4.12. The average molecular weight is 388 g/mol. The van der Waals surface area contributed by atoms with Gasteiger partial charge in [0.05, 0.1) is 10.7 Å². The smallest absolute Gasteiger partial charge is 0.255 e. The molecule has 0 aliphatic carbocycles. The third kappa shape index (κ3) is 6.08. The summed E-state index contributed by atoms with van der Waals surface area (Å²) in [5, 5.41) is 6.22. The van der Waals surface area contributed by atoms with Crippen LogP contribution < -0.4 is 10.6 Å². The van der Waals surface area contributed by atoms with Gasteiger partial charge in [0.15, 0.2) is 0 Å². The molecule has 0 saturated carbocycles. The molecule has 2 aromatic rings. The maximum atomic E-state index is 12.6. The second kappa shape index (κ2) is 9.53. The lowest BCUT2D eigenvalue weighted by atomic mass is 10.1. The molecule has 0 heterocycles. The summed E-state index contributed by atoms with van der Waals surface area (Å²) in [6.45, 7) is 5.34. The van der Waals surface area contributed by atoms with E-state index in [4.69, 9.17) is 11.6 Å². The van der Waals surface area contributed by atoms with E-state index in [0.29, 0.717) is 28.4 Å². The van der Waals surface area contributed by atoms with Crippen molar-refractivity contribution in [2.24, 2.45) is 0 Å². The van der Waals surface area contributed by atoms with Gasteiger partial charge in [-0.3, -0.25) is 9.59 Å². The maximum absolute atomic E-state index is 12.6. The Kier molecular flexibility index (Phi) is 7.39. The lowest BCUT2D eigenvalue weighted by Gasteiger charge is -2.12. The molecule has 0 aliphatic rings. The first-order valence-electron chi connectivity index (χ1n) is 8.89. The van der Waals surface area contributed by atoms with Crippen LogP contribution in [0.25, 0.3) is 0 Å². The Labute approximate surface area is 165 Å². The molecule has 0 bridgehead atoms. The fraction of sp³-hybridized carbons (Fsp3) is 0.333. The van der Waals surface area contributed by atoms with Gasteiger partial charge in [-0.25, -0.2) is 0 Å². The molecule has 2 aromatic carbocycles. The molecule has 0 radical (unpaired) electrons. The van der Waals surface area contributed by atoms with Gasteiger partial charge in [-0.2, -0.15) is 0 Å². The number of carbonyl (C=O) groups excluding carboxylic acids is 2. The molecule has 0 saturated heterocycles. The lowest BCUT2D eigenvalue weighted by Crippen LogP contribution is -2.27. The van der Waals surface area contributed by atoms with Crippen LogP contribution in [-0.2, 0) is 0 Å². The highest BCUT2D eigenvalue weighted by molar-refractivity contribution is 6.34. The van der Waals surface area contributed by atoms with Crippen LogP contribution in [0.3, 0.4) is 0 Å². The minimum absolute atomic E-state index is 0.187. The quantitative estimate of drug-likeness (QED) is 0.708. The molecule has 0 unspecified atom stereocenters. The molecule has 144 valence electrons. The Morgan fingerprint density at radius 1 is 1.04 bits per heavy atom. The molecular weight excluding hydrogens is 362 g/mol. The van der Waals surface area contributed by atoms with Gasteiger partial charge in [0, 0.05) is 17.7 Å². The fourth-order valence-corrected chi connectivity index (χ4v) is 3.13. The summed E-state index contributed by atoms with van der Waals surface area (Å²) >= 11 is 6.26. The van der Waals surface area contributed by atoms with E-state index in [9.17, 15) is 9.59 Å². The summed E-state index contributed by atoms with van der Waals surface area (Å²) in [5.74, 6) is -0.487. The van der Waals surface area contributed by atoms with Crippen molar-refractivity contribution in [1.82, 2.24) is 10.2 Å². The number of halogens is 1. The van der Waals surface area contributed by atoms with Crippen molar-refractivity contribution in [3.8, 4) is 0 Å². The van der Waals surface area contributed by atoms with Gasteiger partial charge < -0.3 is 15.5 Å². The van der Waals surface area contributed by atoms with Crippen molar-refractivity contribution in [1.29, 1.82) is 0 Å². The minimum atomic E-state index is -0.300. The number of amides is 2. The molecule has 0 aliphatic heterocycles. The van der Waals surface area contributed by atoms with E-state index in [-0.39, 0.29) is 11.8 Å². The van der Waals surface area contributed by atoms with Crippen LogP contribution in [0.1, 0.15) is 38.3 Å². The number of anilines is 1. The Hall–Kier alpha value is -2.37. The molecule has 0 fully saturated rings. The summed E-state index contributed by atoms with van der Waals surface area (Å²) in [4.78, 5) is 27.0. The van der Waals surface area contributed by atoms with Crippen molar-refractivity contribution in [2.45, 2.75) is 20.3 Å². The van der Waals surface area contributed by atoms with E-state index in [1.807, 2.05) is 40.1 Å². The van der Waals surface area contributed by atoms with Gasteiger partial charge in [-0.15, -0.1) is 0 Å². The SMILES string of the molecule is Cc1cc(C)c(NC(=O)c2cccc(C(=O)NCCCN(C)C)c2)c(Cl)c1. The van der Waals surface area contributed by atoms with Gasteiger partial charge in [0.25, 0.3) is 11.8 Å². The van der Waals surface area contributed by atoms with E-state index in [1.54, 1.807) is 24.3 Å². The number of hydrogen-bond donors (Lipinski definition) is 2. The largest absolute Gasteiger partial charge is 0.352 e. The van der Waals surface area contributed by atoms with E-state index < -0.39 is 0 Å². The number of nitrogens with one attached hydrogen (secondary N) is 2. The Bertz CT molecular complexity index is 811. The molecule has 0 atom stereocenters. The van der Waals surface area contributed by atoms with Crippen molar-refractivity contribution in [3.05, 3.63) is 63.7 Å². The second-order valence-electron chi connectivity index (χ2n) is 6.89. The van der Waals surface area contributed by atoms with Crippen LogP contribution >= 0.6 is 11.6 Å².